The molecule has 0 bridgehead atoms. The molecule has 25 heavy (non-hydrogen) atoms. The Bertz CT molecular complexity index is 744. The Hall–Kier alpha value is -0.870. The van der Waals surface area contributed by atoms with E-state index < -0.39 is 18.0 Å². The number of amides is 1. The fourth-order valence-electron chi connectivity index (χ4n) is 4.03. The molecule has 0 aliphatic carbocycles. The van der Waals surface area contributed by atoms with Crippen LogP contribution in [-0.2, 0) is 22.7 Å². The first-order valence-corrected chi connectivity index (χ1v) is 8.83. The van der Waals surface area contributed by atoms with Gasteiger partial charge in [0.25, 0.3) is 0 Å². The van der Waals surface area contributed by atoms with Gasteiger partial charge >= 0.3 is 41.9 Å². The second kappa shape index (κ2) is 6.70. The van der Waals surface area contributed by atoms with Gasteiger partial charge < -0.3 is 15.1 Å². The summed E-state index contributed by atoms with van der Waals surface area (Å²) < 4.78 is 3.99. The first-order valence-electron chi connectivity index (χ1n) is 7.95. The number of hydrogen-bond acceptors (Lipinski definition) is 5. The third-order valence-corrected chi connectivity index (χ3v) is 6.57. The molecule has 1 saturated heterocycles. The minimum absolute atomic E-state index is 0. The van der Waals surface area contributed by atoms with E-state index in [0.29, 0.717) is 0 Å². The molecule has 4 atom stereocenters. The SMILES string of the molecule is CC(O)[C@H]1C(=O)N2C(C(=O)O)=C(SC3Cn4cnc[n+]4C3)[C@H](C)[C@H]12.[NaH]. The number of hydrogen-bond donors (Lipinski definition) is 2. The summed E-state index contributed by atoms with van der Waals surface area (Å²) in [5.74, 6) is -1.95. The van der Waals surface area contributed by atoms with Gasteiger partial charge in [-0.3, -0.25) is 4.79 Å². The Morgan fingerprint density at radius 3 is 2.84 bits per heavy atom. The second-order valence-corrected chi connectivity index (χ2v) is 7.98. The number of thioether (sulfide) groups is 1. The van der Waals surface area contributed by atoms with E-state index in [4.69, 9.17) is 0 Å². The Morgan fingerprint density at radius 2 is 2.24 bits per heavy atom. The number of carboxylic acid groups (broad SMARTS) is 1. The van der Waals surface area contributed by atoms with Gasteiger partial charge in [0.05, 0.1) is 29.9 Å². The molecule has 4 rings (SSSR count). The number of aliphatic carboxylic acids is 1. The van der Waals surface area contributed by atoms with Gasteiger partial charge in [-0.15, -0.1) is 11.8 Å². The van der Waals surface area contributed by atoms with Crippen molar-refractivity contribution in [1.29, 1.82) is 0 Å². The summed E-state index contributed by atoms with van der Waals surface area (Å²) in [5, 5.41) is 19.7. The maximum absolute atomic E-state index is 12.3. The first-order chi connectivity index (χ1) is 11.4. The van der Waals surface area contributed by atoms with Crippen molar-refractivity contribution in [3.8, 4) is 0 Å². The van der Waals surface area contributed by atoms with Crippen molar-refractivity contribution in [3.63, 3.8) is 0 Å². The molecule has 0 spiro atoms. The van der Waals surface area contributed by atoms with Crippen LogP contribution in [0.1, 0.15) is 13.8 Å². The number of nitrogens with zero attached hydrogens (tertiary/aromatic N) is 4. The maximum atomic E-state index is 12.3. The molecular formula is C15H20N4NaO4S+. The fourth-order valence-corrected chi connectivity index (χ4v) is 5.49. The zero-order valence-electron chi connectivity index (χ0n) is 13.4. The molecule has 8 nitrogen and oxygen atoms in total. The first kappa shape index (κ1) is 18.9. The minimum atomic E-state index is -1.07. The van der Waals surface area contributed by atoms with E-state index in [-0.39, 0.29) is 58.4 Å². The summed E-state index contributed by atoms with van der Waals surface area (Å²) in [6, 6.07) is -0.249. The van der Waals surface area contributed by atoms with Gasteiger partial charge in [0.1, 0.15) is 12.2 Å². The Kier molecular flexibility index (Phi) is 5.06. The van der Waals surface area contributed by atoms with Crippen LogP contribution in [0.4, 0.5) is 0 Å². The zero-order valence-corrected chi connectivity index (χ0v) is 14.2. The van der Waals surface area contributed by atoms with Crippen LogP contribution in [0.15, 0.2) is 23.3 Å². The summed E-state index contributed by atoms with van der Waals surface area (Å²) in [6.07, 6.45) is 2.74. The fraction of sp³-hybridized carbons (Fsp3) is 0.600. The predicted octanol–water partition coefficient (Wildman–Crippen LogP) is -1.21. The van der Waals surface area contributed by atoms with Gasteiger partial charge in [-0.1, -0.05) is 6.92 Å². The van der Waals surface area contributed by atoms with E-state index in [0.717, 1.165) is 18.0 Å². The number of aromatic nitrogens is 3. The number of aliphatic hydroxyl groups is 1. The van der Waals surface area contributed by atoms with E-state index in [1.54, 1.807) is 19.6 Å². The Morgan fingerprint density at radius 1 is 1.52 bits per heavy atom. The quantitative estimate of drug-likeness (QED) is 0.389. The molecule has 1 amide bonds. The Balaban J connectivity index is 0.00000182. The van der Waals surface area contributed by atoms with Crippen LogP contribution in [0.2, 0.25) is 0 Å². The van der Waals surface area contributed by atoms with Crippen molar-refractivity contribution < 1.29 is 24.5 Å². The third-order valence-electron chi connectivity index (χ3n) is 5.12. The molecule has 4 heterocycles. The topological polar surface area (TPSA) is 99.5 Å². The number of aliphatic hydroxyl groups excluding tert-OH is 1. The van der Waals surface area contributed by atoms with Crippen LogP contribution in [-0.4, -0.2) is 83.6 Å². The van der Waals surface area contributed by atoms with Crippen LogP contribution in [0.3, 0.4) is 0 Å². The molecule has 10 heteroatoms. The van der Waals surface area contributed by atoms with Gasteiger partial charge in [0.2, 0.25) is 12.2 Å². The van der Waals surface area contributed by atoms with Crippen molar-refractivity contribution >= 4 is 53.2 Å². The van der Waals surface area contributed by atoms with Crippen molar-refractivity contribution in [2.75, 3.05) is 0 Å². The van der Waals surface area contributed by atoms with Crippen LogP contribution < -0.4 is 4.68 Å². The van der Waals surface area contributed by atoms with Crippen LogP contribution in [0.5, 0.6) is 0 Å². The van der Waals surface area contributed by atoms with Gasteiger partial charge in [0.15, 0.2) is 0 Å². The summed E-state index contributed by atoms with van der Waals surface area (Å²) >= 11 is 1.54. The summed E-state index contributed by atoms with van der Waals surface area (Å²) in [7, 11) is 0. The average Bonchev–Trinajstić information content (AvgIpc) is 3.12. The molecule has 0 saturated carbocycles. The standard InChI is InChI=1S/C15H18N4O4S.Na.H/c1-7-11-10(8(2)20)14(21)19(11)12(15(22)23)13(7)24-9-3-17-5-16-6-18(17)4-9;;/h5-11,20H,3-4H2,1-2H3;;/p+1/t7-,8?,10-,11-;;/m1../s1. The molecule has 0 radical (unpaired) electrons. The van der Waals surface area contributed by atoms with E-state index >= 15 is 0 Å². The van der Waals surface area contributed by atoms with E-state index in [9.17, 15) is 19.8 Å². The van der Waals surface area contributed by atoms with Gasteiger partial charge in [-0.25, -0.2) is 4.79 Å². The number of fused-ring (bicyclic) bond motifs is 2. The summed E-state index contributed by atoms with van der Waals surface area (Å²) in [6.45, 7) is 5.05. The number of carboxylic acids is 1. The average molecular weight is 375 g/mol. The second-order valence-electron chi connectivity index (χ2n) is 6.64. The molecule has 1 aromatic heterocycles. The molecule has 0 aromatic carbocycles. The van der Waals surface area contributed by atoms with E-state index in [1.165, 1.54) is 16.7 Å². The van der Waals surface area contributed by atoms with Gasteiger partial charge in [0, 0.05) is 10.8 Å². The monoisotopic (exact) mass is 375 g/mol. The van der Waals surface area contributed by atoms with Crippen LogP contribution >= 0.6 is 11.8 Å². The predicted molar refractivity (Wildman–Crippen MR) is 90.6 cm³/mol. The van der Waals surface area contributed by atoms with Crippen molar-refractivity contribution in [2.45, 2.75) is 44.3 Å². The van der Waals surface area contributed by atoms with Gasteiger partial charge in [-0.2, -0.15) is 9.36 Å². The van der Waals surface area contributed by atoms with Crippen LogP contribution in [0, 0.1) is 11.8 Å². The summed E-state index contributed by atoms with van der Waals surface area (Å²) in [5.41, 5.74) is 0.0964. The number of carbonyl (C=O) groups excluding carboxylic acids is 1. The molecule has 3 aliphatic rings. The molecule has 3 aliphatic heterocycles. The number of carbonyl (C=O) groups is 2. The molecular weight excluding hydrogens is 355 g/mol. The van der Waals surface area contributed by atoms with Crippen molar-refractivity contribution in [2.24, 2.45) is 11.8 Å². The molecule has 2 N–H and O–H groups in total. The Labute approximate surface area is 171 Å². The third kappa shape index (κ3) is 2.76. The van der Waals surface area contributed by atoms with Crippen molar-refractivity contribution in [1.82, 2.24) is 14.6 Å². The molecule has 1 fully saturated rings. The normalized spacial score (nSPS) is 31.3. The van der Waals surface area contributed by atoms with Gasteiger partial charge in [-0.05, 0) is 11.9 Å². The zero-order chi connectivity index (χ0) is 17.2. The summed E-state index contributed by atoms with van der Waals surface area (Å²) in [4.78, 5) is 30.3. The van der Waals surface area contributed by atoms with E-state index in [2.05, 4.69) is 4.98 Å². The number of rotatable bonds is 4. The molecule has 130 valence electrons. The van der Waals surface area contributed by atoms with Crippen LogP contribution in [0.25, 0.3) is 0 Å². The molecule has 1 aromatic rings. The number of β-lactam (4-membered cyclic amide) rings is 1. The molecule has 1 unspecified atom stereocenters. The van der Waals surface area contributed by atoms with Crippen molar-refractivity contribution in [3.05, 3.63) is 23.3 Å². The van der Waals surface area contributed by atoms with E-state index in [1.807, 2.05) is 16.3 Å².